The highest BCUT2D eigenvalue weighted by Gasteiger charge is 2.01. The molecule has 0 radical (unpaired) electrons. The Labute approximate surface area is 86.7 Å². The van der Waals surface area contributed by atoms with E-state index < -0.39 is 0 Å². The van der Waals surface area contributed by atoms with Gasteiger partial charge in [-0.1, -0.05) is 6.58 Å². The van der Waals surface area contributed by atoms with Crippen LogP contribution in [0.25, 0.3) is 0 Å². The Bertz CT molecular complexity index is 128. The van der Waals surface area contributed by atoms with Crippen LogP contribution in [0.4, 0.5) is 0 Å². The molecule has 2 fully saturated rings. The minimum atomic E-state index is 1.10. The first kappa shape index (κ1) is 11.5. The fourth-order valence-corrected chi connectivity index (χ4v) is 1.47. The molecule has 0 aromatic carbocycles. The zero-order valence-electron chi connectivity index (χ0n) is 8.89. The molecule has 3 N–H and O–H groups in total. The molecular formula is C10H22N4. The maximum absolute atomic E-state index is 3.68. The molecule has 2 aliphatic heterocycles. The van der Waals surface area contributed by atoms with Crippen molar-refractivity contribution in [2.24, 2.45) is 0 Å². The number of nitrogens with one attached hydrogen (secondary N) is 3. The summed E-state index contributed by atoms with van der Waals surface area (Å²) in [5.74, 6) is 0. The first-order valence-corrected chi connectivity index (χ1v) is 5.42. The van der Waals surface area contributed by atoms with Gasteiger partial charge in [0.25, 0.3) is 0 Å². The second-order valence-electron chi connectivity index (χ2n) is 3.47. The van der Waals surface area contributed by atoms with Gasteiger partial charge in [-0.15, -0.1) is 0 Å². The van der Waals surface area contributed by atoms with Crippen molar-refractivity contribution >= 4 is 0 Å². The van der Waals surface area contributed by atoms with Crippen molar-refractivity contribution < 1.29 is 0 Å². The van der Waals surface area contributed by atoms with Gasteiger partial charge in [-0.3, -0.25) is 0 Å². The summed E-state index contributed by atoms with van der Waals surface area (Å²) in [6, 6.07) is 0. The summed E-state index contributed by atoms with van der Waals surface area (Å²) in [5, 5.41) is 9.70. The number of nitrogens with zero attached hydrogens (tertiary/aromatic N) is 1. The van der Waals surface area contributed by atoms with Gasteiger partial charge in [0.05, 0.1) is 0 Å². The summed E-state index contributed by atoms with van der Waals surface area (Å²) < 4.78 is 0. The number of rotatable bonds is 1. The van der Waals surface area contributed by atoms with Gasteiger partial charge >= 0.3 is 0 Å². The minimum Gasteiger partial charge on any atom is -0.375 e. The molecule has 0 amide bonds. The van der Waals surface area contributed by atoms with Crippen molar-refractivity contribution in [3.63, 3.8) is 0 Å². The molecule has 2 heterocycles. The molecule has 82 valence electrons. The van der Waals surface area contributed by atoms with E-state index in [0.29, 0.717) is 0 Å². The Balaban J connectivity index is 0.000000146. The molecular weight excluding hydrogens is 176 g/mol. The van der Waals surface area contributed by atoms with Crippen LogP contribution >= 0.6 is 0 Å². The van der Waals surface area contributed by atoms with Crippen molar-refractivity contribution in [2.45, 2.75) is 0 Å². The quantitative estimate of drug-likeness (QED) is 0.517. The third-order valence-electron chi connectivity index (χ3n) is 2.37. The Morgan fingerprint density at radius 1 is 0.786 bits per heavy atom. The maximum Gasteiger partial charge on any atom is 0.0298 e. The predicted molar refractivity (Wildman–Crippen MR) is 60.4 cm³/mol. The molecule has 4 nitrogen and oxygen atoms in total. The van der Waals surface area contributed by atoms with E-state index in [0.717, 1.165) is 52.4 Å². The largest absolute Gasteiger partial charge is 0.375 e. The van der Waals surface area contributed by atoms with Crippen LogP contribution in [0, 0.1) is 0 Å². The van der Waals surface area contributed by atoms with Crippen molar-refractivity contribution in [3.8, 4) is 0 Å². The van der Waals surface area contributed by atoms with E-state index in [1.807, 2.05) is 6.20 Å². The van der Waals surface area contributed by atoms with Crippen molar-refractivity contribution in [2.75, 3.05) is 52.4 Å². The van der Waals surface area contributed by atoms with Crippen LogP contribution in [0.2, 0.25) is 0 Å². The highest BCUT2D eigenvalue weighted by Crippen LogP contribution is 1.89. The average molecular weight is 198 g/mol. The molecule has 0 unspecified atom stereocenters. The second-order valence-corrected chi connectivity index (χ2v) is 3.47. The monoisotopic (exact) mass is 198 g/mol. The molecule has 0 bridgehead atoms. The van der Waals surface area contributed by atoms with Crippen LogP contribution in [0.3, 0.4) is 0 Å². The fourth-order valence-electron chi connectivity index (χ4n) is 1.47. The summed E-state index contributed by atoms with van der Waals surface area (Å²) in [6.07, 6.45) is 1.90. The van der Waals surface area contributed by atoms with E-state index >= 15 is 0 Å². The number of hydrogen-bond donors (Lipinski definition) is 3. The molecule has 0 spiro atoms. The van der Waals surface area contributed by atoms with Gasteiger partial charge in [0.1, 0.15) is 0 Å². The van der Waals surface area contributed by atoms with Crippen molar-refractivity contribution in [1.29, 1.82) is 0 Å². The van der Waals surface area contributed by atoms with Crippen LogP contribution < -0.4 is 16.0 Å². The molecule has 0 aromatic heterocycles. The summed E-state index contributed by atoms with van der Waals surface area (Å²) in [7, 11) is 0. The molecule has 2 aliphatic rings. The molecule has 14 heavy (non-hydrogen) atoms. The van der Waals surface area contributed by atoms with Gasteiger partial charge in [0.2, 0.25) is 0 Å². The highest BCUT2D eigenvalue weighted by atomic mass is 15.2. The molecule has 2 rings (SSSR count). The van der Waals surface area contributed by atoms with Crippen LogP contribution in [0.15, 0.2) is 12.8 Å². The van der Waals surface area contributed by atoms with E-state index in [1.165, 1.54) is 0 Å². The van der Waals surface area contributed by atoms with E-state index in [2.05, 4.69) is 27.4 Å². The average Bonchev–Trinajstić information content (AvgIpc) is 2.33. The molecule has 2 saturated heterocycles. The third kappa shape index (κ3) is 5.21. The molecule has 0 aromatic rings. The Morgan fingerprint density at radius 3 is 1.50 bits per heavy atom. The Morgan fingerprint density at radius 2 is 1.21 bits per heavy atom. The van der Waals surface area contributed by atoms with Crippen LogP contribution in [0.1, 0.15) is 0 Å². The normalized spacial score (nSPS) is 22.1. The van der Waals surface area contributed by atoms with Crippen molar-refractivity contribution in [3.05, 3.63) is 12.8 Å². The number of hydrogen-bond acceptors (Lipinski definition) is 4. The first-order chi connectivity index (χ1) is 6.93. The Hall–Kier alpha value is -0.580. The standard InChI is InChI=1S/C6H12N2.C4H10N2/c1-2-8-5-3-7-4-6-8;1-2-6-4-3-5-1/h2,7H,1,3-6H2;5-6H,1-4H2. The topological polar surface area (TPSA) is 39.3 Å². The smallest absolute Gasteiger partial charge is 0.0298 e. The van der Waals surface area contributed by atoms with E-state index in [9.17, 15) is 0 Å². The third-order valence-corrected chi connectivity index (χ3v) is 2.37. The van der Waals surface area contributed by atoms with Gasteiger partial charge < -0.3 is 20.9 Å². The van der Waals surface area contributed by atoms with Gasteiger partial charge in [-0.25, -0.2) is 0 Å². The molecule has 0 aliphatic carbocycles. The van der Waals surface area contributed by atoms with E-state index in [1.54, 1.807) is 0 Å². The molecule has 0 saturated carbocycles. The number of piperazine rings is 2. The Kier molecular flexibility index (Phi) is 6.40. The first-order valence-electron chi connectivity index (χ1n) is 5.42. The maximum atomic E-state index is 3.68. The lowest BCUT2D eigenvalue weighted by Crippen LogP contribution is -2.40. The minimum absolute atomic E-state index is 1.10. The van der Waals surface area contributed by atoms with Crippen molar-refractivity contribution in [1.82, 2.24) is 20.9 Å². The fraction of sp³-hybridized carbons (Fsp3) is 0.800. The van der Waals surface area contributed by atoms with Gasteiger partial charge in [0, 0.05) is 52.4 Å². The lowest BCUT2D eigenvalue weighted by Gasteiger charge is -2.24. The lowest BCUT2D eigenvalue weighted by atomic mass is 10.4. The van der Waals surface area contributed by atoms with Gasteiger partial charge in [-0.05, 0) is 6.20 Å². The second kappa shape index (κ2) is 7.79. The van der Waals surface area contributed by atoms with Gasteiger partial charge in [0.15, 0.2) is 0 Å². The SMILES string of the molecule is C1CNCCN1.C=CN1CCNCC1. The summed E-state index contributed by atoms with van der Waals surface area (Å²) in [5.41, 5.74) is 0. The lowest BCUT2D eigenvalue weighted by molar-refractivity contribution is 0.325. The van der Waals surface area contributed by atoms with Gasteiger partial charge in [-0.2, -0.15) is 0 Å². The highest BCUT2D eigenvalue weighted by molar-refractivity contribution is 4.75. The van der Waals surface area contributed by atoms with Crippen LogP contribution in [-0.4, -0.2) is 57.3 Å². The summed E-state index contributed by atoms with van der Waals surface area (Å²) >= 11 is 0. The van der Waals surface area contributed by atoms with E-state index in [-0.39, 0.29) is 0 Å². The van der Waals surface area contributed by atoms with E-state index in [4.69, 9.17) is 0 Å². The molecule has 0 atom stereocenters. The van der Waals surface area contributed by atoms with Crippen LogP contribution in [0.5, 0.6) is 0 Å². The molecule has 4 heteroatoms. The summed E-state index contributed by atoms with van der Waals surface area (Å²) in [4.78, 5) is 2.22. The predicted octanol–water partition coefficient (Wildman–Crippen LogP) is -0.786. The zero-order valence-corrected chi connectivity index (χ0v) is 8.89. The summed E-state index contributed by atoms with van der Waals surface area (Å²) in [6.45, 7) is 12.7. The zero-order chi connectivity index (χ0) is 10.1. The van der Waals surface area contributed by atoms with Crippen LogP contribution in [-0.2, 0) is 0 Å².